The van der Waals surface area contributed by atoms with Crippen molar-refractivity contribution in [2.75, 3.05) is 13.1 Å². The number of benzene rings is 1. The van der Waals surface area contributed by atoms with Gasteiger partial charge in [-0.25, -0.2) is 4.68 Å². The molecule has 0 radical (unpaired) electrons. The fourth-order valence-corrected chi connectivity index (χ4v) is 2.50. The number of aromatic nitrogens is 2. The van der Waals surface area contributed by atoms with Gasteiger partial charge >= 0.3 is 0 Å². The Balaban J connectivity index is 1.84. The number of likely N-dealkylation sites (tertiary alicyclic amines) is 1. The average molecular weight is 275 g/mol. The van der Waals surface area contributed by atoms with Crippen molar-refractivity contribution < 1.29 is 4.42 Å². The van der Waals surface area contributed by atoms with Crippen LogP contribution in [0.5, 0.6) is 0 Å². The molecular formula is C14H17N3OS. The Morgan fingerprint density at radius 2 is 1.89 bits per heavy atom. The molecule has 0 aliphatic carbocycles. The molecule has 2 aromatic rings. The summed E-state index contributed by atoms with van der Waals surface area (Å²) >= 11 is 5.24. The summed E-state index contributed by atoms with van der Waals surface area (Å²) in [6.45, 7) is 5.03. The molecule has 0 unspecified atom stereocenters. The Bertz CT molecular complexity index is 608. The first-order chi connectivity index (χ1) is 9.22. The number of hydrogen-bond acceptors (Lipinski definition) is 4. The summed E-state index contributed by atoms with van der Waals surface area (Å²) in [7, 11) is 0. The molecule has 0 amide bonds. The van der Waals surface area contributed by atoms with Gasteiger partial charge in [0, 0.05) is 5.56 Å². The van der Waals surface area contributed by atoms with Crippen molar-refractivity contribution in [3.05, 3.63) is 34.7 Å². The fourth-order valence-electron chi connectivity index (χ4n) is 2.32. The molecule has 1 aromatic heterocycles. The normalized spacial score (nSPS) is 16.1. The predicted molar refractivity (Wildman–Crippen MR) is 76.3 cm³/mol. The summed E-state index contributed by atoms with van der Waals surface area (Å²) in [5.41, 5.74) is 2.19. The highest BCUT2D eigenvalue weighted by Gasteiger charge is 2.14. The average Bonchev–Trinajstić information content (AvgIpc) is 3.02. The molecular weight excluding hydrogens is 258 g/mol. The molecule has 1 saturated heterocycles. The van der Waals surface area contributed by atoms with Gasteiger partial charge in [0.2, 0.25) is 5.89 Å². The monoisotopic (exact) mass is 275 g/mol. The maximum Gasteiger partial charge on any atom is 0.288 e. The molecule has 3 rings (SSSR count). The van der Waals surface area contributed by atoms with Crippen molar-refractivity contribution in [2.24, 2.45) is 0 Å². The van der Waals surface area contributed by atoms with E-state index in [4.69, 9.17) is 16.6 Å². The van der Waals surface area contributed by atoms with Gasteiger partial charge in [-0.2, -0.15) is 0 Å². The second kappa shape index (κ2) is 5.27. The second-order valence-electron chi connectivity index (χ2n) is 5.01. The molecule has 0 N–H and O–H groups in total. The van der Waals surface area contributed by atoms with Gasteiger partial charge in [0.1, 0.15) is 0 Å². The number of nitrogens with zero attached hydrogens (tertiary/aromatic N) is 3. The maximum atomic E-state index is 5.59. The highest BCUT2D eigenvalue weighted by molar-refractivity contribution is 7.71. The minimum Gasteiger partial charge on any atom is -0.409 e. The first-order valence-electron chi connectivity index (χ1n) is 6.60. The van der Waals surface area contributed by atoms with E-state index in [1.54, 1.807) is 4.68 Å². The summed E-state index contributed by atoms with van der Waals surface area (Å²) in [5.74, 6) is 0.601. The van der Waals surface area contributed by atoms with Gasteiger partial charge in [0.05, 0.1) is 6.67 Å². The molecule has 1 aliphatic rings. The van der Waals surface area contributed by atoms with Gasteiger partial charge in [-0.3, -0.25) is 4.90 Å². The Labute approximate surface area is 117 Å². The molecule has 0 bridgehead atoms. The third-order valence-electron chi connectivity index (χ3n) is 3.44. The van der Waals surface area contributed by atoms with E-state index in [1.165, 1.54) is 18.4 Å². The summed E-state index contributed by atoms with van der Waals surface area (Å²) in [6, 6.07) is 8.12. The van der Waals surface area contributed by atoms with Crippen LogP contribution in [0.2, 0.25) is 0 Å². The molecule has 0 saturated carbocycles. The van der Waals surface area contributed by atoms with Crippen LogP contribution in [0.4, 0.5) is 0 Å². The summed E-state index contributed by atoms with van der Waals surface area (Å²) in [5, 5.41) is 4.48. The minimum absolute atomic E-state index is 0.447. The number of hydrogen-bond donors (Lipinski definition) is 0. The van der Waals surface area contributed by atoms with Gasteiger partial charge in [0.15, 0.2) is 0 Å². The van der Waals surface area contributed by atoms with Crippen LogP contribution in [0, 0.1) is 11.8 Å². The van der Waals surface area contributed by atoms with E-state index in [0.29, 0.717) is 10.7 Å². The lowest BCUT2D eigenvalue weighted by atomic mass is 10.1. The molecule has 1 aliphatic heterocycles. The maximum absolute atomic E-state index is 5.59. The summed E-state index contributed by atoms with van der Waals surface area (Å²) in [6.07, 6.45) is 2.52. The van der Waals surface area contributed by atoms with Gasteiger partial charge < -0.3 is 4.42 Å². The molecule has 100 valence electrons. The summed E-state index contributed by atoms with van der Waals surface area (Å²) < 4.78 is 7.36. The second-order valence-corrected chi connectivity index (χ2v) is 5.35. The van der Waals surface area contributed by atoms with E-state index in [1.807, 2.05) is 24.3 Å². The lowest BCUT2D eigenvalue weighted by Crippen LogP contribution is -2.23. The Kier molecular flexibility index (Phi) is 3.48. The predicted octanol–water partition coefficient (Wildman–Crippen LogP) is 3.23. The van der Waals surface area contributed by atoms with Crippen LogP contribution in [0.15, 0.2) is 28.7 Å². The molecule has 1 aromatic carbocycles. The lowest BCUT2D eigenvalue weighted by molar-refractivity contribution is 0.249. The van der Waals surface area contributed by atoms with Crippen LogP contribution < -0.4 is 0 Å². The highest BCUT2D eigenvalue weighted by Crippen LogP contribution is 2.19. The first kappa shape index (κ1) is 12.6. The third kappa shape index (κ3) is 2.77. The standard InChI is InChI=1S/C14H17N3OS/c1-11-4-6-12(7-5-11)13-15-17(14(19)18-13)10-16-8-2-3-9-16/h4-7H,2-3,8-10H2,1H3. The number of rotatable bonds is 3. The lowest BCUT2D eigenvalue weighted by Gasteiger charge is -2.12. The number of aryl methyl sites for hydroxylation is 1. The highest BCUT2D eigenvalue weighted by atomic mass is 32.1. The van der Waals surface area contributed by atoms with Crippen LogP contribution in [-0.4, -0.2) is 27.8 Å². The first-order valence-corrected chi connectivity index (χ1v) is 7.00. The van der Waals surface area contributed by atoms with Gasteiger partial charge in [-0.05, 0) is 57.2 Å². The smallest absolute Gasteiger partial charge is 0.288 e. The van der Waals surface area contributed by atoms with Gasteiger partial charge in [-0.1, -0.05) is 17.7 Å². The van der Waals surface area contributed by atoms with E-state index < -0.39 is 0 Å². The zero-order valence-corrected chi connectivity index (χ0v) is 11.8. The summed E-state index contributed by atoms with van der Waals surface area (Å²) in [4.78, 5) is 2.79. The van der Waals surface area contributed by atoms with Crippen LogP contribution in [0.1, 0.15) is 18.4 Å². The van der Waals surface area contributed by atoms with E-state index in [-0.39, 0.29) is 0 Å². The van der Waals surface area contributed by atoms with Gasteiger partial charge in [-0.15, -0.1) is 5.10 Å². The van der Waals surface area contributed by atoms with Crippen LogP contribution in [0.3, 0.4) is 0 Å². The third-order valence-corrected chi connectivity index (χ3v) is 3.73. The van der Waals surface area contributed by atoms with Crippen molar-refractivity contribution in [3.8, 4) is 11.5 Å². The van der Waals surface area contributed by atoms with Crippen LogP contribution >= 0.6 is 12.2 Å². The van der Waals surface area contributed by atoms with Crippen LogP contribution in [0.25, 0.3) is 11.5 Å². The minimum atomic E-state index is 0.447. The molecule has 2 heterocycles. The zero-order valence-electron chi connectivity index (χ0n) is 11.0. The molecule has 4 nitrogen and oxygen atoms in total. The molecule has 0 spiro atoms. The van der Waals surface area contributed by atoms with E-state index in [2.05, 4.69) is 16.9 Å². The molecule has 19 heavy (non-hydrogen) atoms. The Morgan fingerprint density at radius 1 is 1.21 bits per heavy atom. The van der Waals surface area contributed by atoms with Crippen LogP contribution in [-0.2, 0) is 6.67 Å². The topological polar surface area (TPSA) is 34.2 Å². The zero-order chi connectivity index (χ0) is 13.2. The molecule has 5 heteroatoms. The van der Waals surface area contributed by atoms with Crippen molar-refractivity contribution in [1.82, 2.24) is 14.7 Å². The SMILES string of the molecule is Cc1ccc(-c2nn(CN3CCCC3)c(=S)o2)cc1. The molecule has 1 fully saturated rings. The van der Waals surface area contributed by atoms with Crippen molar-refractivity contribution in [3.63, 3.8) is 0 Å². The van der Waals surface area contributed by atoms with Gasteiger partial charge in [0.25, 0.3) is 4.84 Å². The molecule has 0 atom stereocenters. The largest absolute Gasteiger partial charge is 0.409 e. The quantitative estimate of drug-likeness (QED) is 0.805. The fraction of sp³-hybridized carbons (Fsp3) is 0.429. The van der Waals surface area contributed by atoms with Crippen molar-refractivity contribution in [1.29, 1.82) is 0 Å². The van der Waals surface area contributed by atoms with E-state index in [0.717, 1.165) is 25.3 Å². The van der Waals surface area contributed by atoms with E-state index >= 15 is 0 Å². The Hall–Kier alpha value is -1.46. The van der Waals surface area contributed by atoms with Crippen molar-refractivity contribution >= 4 is 12.2 Å². The Morgan fingerprint density at radius 3 is 2.58 bits per heavy atom. The van der Waals surface area contributed by atoms with Crippen molar-refractivity contribution in [2.45, 2.75) is 26.4 Å². The van der Waals surface area contributed by atoms with E-state index in [9.17, 15) is 0 Å².